The Kier molecular flexibility index (Phi) is 7.20. The van der Waals surface area contributed by atoms with Crippen molar-refractivity contribution >= 4 is 32.8 Å². The van der Waals surface area contributed by atoms with Gasteiger partial charge in [0.25, 0.3) is 0 Å². The minimum Gasteiger partial charge on any atom is -0.494 e. The first-order valence-corrected chi connectivity index (χ1v) is 13.4. The molecule has 0 N–H and O–H groups in total. The second-order valence-corrected chi connectivity index (χ2v) is 11.4. The van der Waals surface area contributed by atoms with Crippen molar-refractivity contribution in [1.29, 1.82) is 0 Å². The van der Waals surface area contributed by atoms with Crippen molar-refractivity contribution in [3.63, 3.8) is 0 Å². The molecule has 0 aliphatic carbocycles. The smallest absolute Gasteiger partial charge is 0.197 e. The first-order valence-electron chi connectivity index (χ1n) is 10.3. The lowest BCUT2D eigenvalue weighted by molar-refractivity contribution is 0.391. The van der Waals surface area contributed by atoms with Gasteiger partial charge in [-0.15, -0.1) is 21.5 Å². The Morgan fingerprint density at radius 3 is 2.29 bits per heavy atom. The third-order valence-corrected chi connectivity index (χ3v) is 7.82. The van der Waals surface area contributed by atoms with E-state index in [1.165, 1.54) is 11.3 Å². The average molecular weight is 519 g/mol. The number of hydrogen-bond acceptors (Lipinski definition) is 8. The molecule has 2 heterocycles. The molecule has 34 heavy (non-hydrogen) atoms. The fourth-order valence-corrected chi connectivity index (χ4v) is 5.62. The first-order chi connectivity index (χ1) is 16.3. The molecule has 0 unspecified atom stereocenters. The molecule has 178 valence electrons. The van der Waals surface area contributed by atoms with Crippen LogP contribution in [0.5, 0.6) is 11.5 Å². The van der Waals surface area contributed by atoms with Crippen LogP contribution in [0, 0.1) is 6.92 Å². The maximum atomic E-state index is 13.1. The van der Waals surface area contributed by atoms with E-state index in [0.29, 0.717) is 39.5 Å². The van der Waals surface area contributed by atoms with E-state index in [9.17, 15) is 8.42 Å². The maximum absolute atomic E-state index is 13.1. The number of aromatic nitrogens is 4. The van der Waals surface area contributed by atoms with E-state index in [-0.39, 0.29) is 17.3 Å². The van der Waals surface area contributed by atoms with Gasteiger partial charge in [0.1, 0.15) is 22.9 Å². The summed E-state index contributed by atoms with van der Waals surface area (Å²) in [4.78, 5) is 5.42. The van der Waals surface area contributed by atoms with Crippen molar-refractivity contribution in [2.45, 2.75) is 19.1 Å². The molecule has 11 heteroatoms. The molecule has 0 amide bonds. The van der Waals surface area contributed by atoms with Crippen LogP contribution >= 0.6 is 22.9 Å². The van der Waals surface area contributed by atoms with Gasteiger partial charge in [0.15, 0.2) is 26.5 Å². The van der Waals surface area contributed by atoms with E-state index in [1.54, 1.807) is 55.3 Å². The van der Waals surface area contributed by atoms with Crippen LogP contribution in [0.3, 0.4) is 0 Å². The van der Waals surface area contributed by atoms with E-state index < -0.39 is 9.84 Å². The topological polar surface area (TPSA) is 96.2 Å². The van der Waals surface area contributed by atoms with Gasteiger partial charge in [0.2, 0.25) is 0 Å². The number of halogens is 1. The van der Waals surface area contributed by atoms with Crippen LogP contribution in [0.25, 0.3) is 16.5 Å². The van der Waals surface area contributed by atoms with Gasteiger partial charge < -0.3 is 9.47 Å². The molecule has 0 saturated heterocycles. The molecule has 2 aromatic carbocycles. The van der Waals surface area contributed by atoms with Crippen molar-refractivity contribution < 1.29 is 17.9 Å². The molecule has 0 spiro atoms. The fourth-order valence-electron chi connectivity index (χ4n) is 3.49. The number of nitrogens with zero attached hydrogens (tertiary/aromatic N) is 4. The molecule has 8 nitrogen and oxygen atoms in total. The second kappa shape index (κ2) is 10.1. The zero-order chi connectivity index (χ0) is 24.3. The second-order valence-electron chi connectivity index (χ2n) is 7.53. The number of methoxy groups -OCH3 is 2. The van der Waals surface area contributed by atoms with Crippen LogP contribution in [0.1, 0.15) is 16.3 Å². The van der Waals surface area contributed by atoms with E-state index in [1.807, 2.05) is 19.1 Å². The Labute approximate surface area is 207 Å². The minimum atomic E-state index is -3.53. The predicted molar refractivity (Wildman–Crippen MR) is 133 cm³/mol. The summed E-state index contributed by atoms with van der Waals surface area (Å²) in [7, 11) is -0.451. The Bertz CT molecular complexity index is 1380. The van der Waals surface area contributed by atoms with Crippen LogP contribution in [0.4, 0.5) is 0 Å². The van der Waals surface area contributed by atoms with E-state index in [4.69, 9.17) is 21.1 Å². The van der Waals surface area contributed by atoms with Gasteiger partial charge >= 0.3 is 0 Å². The van der Waals surface area contributed by atoms with Gasteiger partial charge in [-0.25, -0.2) is 13.4 Å². The molecule has 2 aromatic heterocycles. The summed E-state index contributed by atoms with van der Waals surface area (Å²) in [6.07, 6.45) is 2.10. The van der Waals surface area contributed by atoms with Crippen LogP contribution in [0.2, 0.25) is 5.02 Å². The van der Waals surface area contributed by atoms with Gasteiger partial charge in [-0.3, -0.25) is 4.57 Å². The van der Waals surface area contributed by atoms with Gasteiger partial charge in [0, 0.05) is 16.1 Å². The summed E-state index contributed by atoms with van der Waals surface area (Å²) in [6, 6.07) is 12.5. The van der Waals surface area contributed by atoms with E-state index >= 15 is 0 Å². The maximum Gasteiger partial charge on any atom is 0.197 e. The predicted octanol–water partition coefficient (Wildman–Crippen LogP) is 4.53. The Morgan fingerprint density at radius 2 is 1.71 bits per heavy atom. The molecule has 0 aliphatic heterocycles. The first kappa shape index (κ1) is 24.2. The zero-order valence-corrected chi connectivity index (χ0v) is 21.2. The quantitative estimate of drug-likeness (QED) is 0.321. The standard InChI is InChI=1S/C23H23ClN4O4S2/c1-15-13-25-23(33-15)22-27-26-20(28(22)21-18(31-2)5-4-6-19(21)32-3)14-34(29,30)12-11-16-7-9-17(24)10-8-16/h4-10,13H,11-12,14H2,1-3H3. The van der Waals surface area contributed by atoms with Crippen molar-refractivity contribution in [3.8, 4) is 28.0 Å². The van der Waals surface area contributed by atoms with Gasteiger partial charge in [0.05, 0.1) is 20.0 Å². The summed E-state index contributed by atoms with van der Waals surface area (Å²) in [6.45, 7) is 1.94. The number of sulfone groups is 1. The highest BCUT2D eigenvalue weighted by atomic mass is 35.5. The summed E-state index contributed by atoms with van der Waals surface area (Å²) >= 11 is 7.37. The number of benzene rings is 2. The van der Waals surface area contributed by atoms with Crippen molar-refractivity contribution in [1.82, 2.24) is 19.7 Å². The Hall–Kier alpha value is -2.95. The molecule has 0 bridgehead atoms. The van der Waals surface area contributed by atoms with E-state index in [2.05, 4.69) is 15.2 Å². The van der Waals surface area contributed by atoms with Crippen LogP contribution in [-0.2, 0) is 22.0 Å². The monoisotopic (exact) mass is 518 g/mol. The zero-order valence-electron chi connectivity index (χ0n) is 18.9. The van der Waals surface area contributed by atoms with Crippen molar-refractivity contribution in [3.05, 3.63) is 69.9 Å². The van der Waals surface area contributed by atoms with Crippen molar-refractivity contribution in [2.24, 2.45) is 0 Å². The highest BCUT2D eigenvalue weighted by Crippen LogP contribution is 2.37. The Balaban J connectivity index is 1.75. The number of thiazole rings is 1. The van der Waals surface area contributed by atoms with Crippen LogP contribution in [-0.4, -0.2) is 48.1 Å². The van der Waals surface area contributed by atoms with Crippen LogP contribution < -0.4 is 9.47 Å². The highest BCUT2D eigenvalue weighted by Gasteiger charge is 2.26. The molecule has 0 atom stereocenters. The summed E-state index contributed by atoms with van der Waals surface area (Å²) in [5, 5.41) is 9.78. The lowest BCUT2D eigenvalue weighted by Crippen LogP contribution is -2.16. The molecule has 0 fully saturated rings. The number of hydrogen-bond donors (Lipinski definition) is 0. The SMILES string of the molecule is COc1cccc(OC)c1-n1c(CS(=O)(=O)CCc2ccc(Cl)cc2)nnc1-c1ncc(C)s1. The average Bonchev–Trinajstić information content (AvgIpc) is 3.43. The van der Waals surface area contributed by atoms with Crippen LogP contribution in [0.15, 0.2) is 48.7 Å². The molecule has 4 rings (SSSR count). The van der Waals surface area contributed by atoms with Crippen molar-refractivity contribution in [2.75, 3.05) is 20.0 Å². The lowest BCUT2D eigenvalue weighted by atomic mass is 10.2. The molecule has 0 radical (unpaired) electrons. The van der Waals surface area contributed by atoms with E-state index in [0.717, 1.165) is 10.4 Å². The third kappa shape index (κ3) is 5.24. The molecular formula is C23H23ClN4O4S2. The lowest BCUT2D eigenvalue weighted by Gasteiger charge is -2.16. The van der Waals surface area contributed by atoms with Gasteiger partial charge in [-0.2, -0.15) is 0 Å². The minimum absolute atomic E-state index is 0.0454. The molecule has 0 aliphatic rings. The third-order valence-electron chi connectivity index (χ3n) is 5.13. The molecule has 4 aromatic rings. The Morgan fingerprint density at radius 1 is 1.03 bits per heavy atom. The largest absolute Gasteiger partial charge is 0.494 e. The summed E-state index contributed by atoms with van der Waals surface area (Å²) in [5.74, 6) is 1.31. The summed E-state index contributed by atoms with van der Waals surface area (Å²) < 4.78 is 39.0. The number of ether oxygens (including phenoxy) is 2. The normalized spacial score (nSPS) is 11.5. The summed E-state index contributed by atoms with van der Waals surface area (Å²) in [5.41, 5.74) is 1.41. The molecular weight excluding hydrogens is 496 g/mol. The number of aryl methyl sites for hydroxylation is 2. The van der Waals surface area contributed by atoms with Gasteiger partial charge in [-0.05, 0) is 43.2 Å². The number of para-hydroxylation sites is 1. The van der Waals surface area contributed by atoms with Gasteiger partial charge in [-0.1, -0.05) is 29.8 Å². The highest BCUT2D eigenvalue weighted by molar-refractivity contribution is 7.90. The number of rotatable bonds is 9. The molecule has 0 saturated carbocycles. The fraction of sp³-hybridized carbons (Fsp3) is 0.261.